The maximum Gasteiger partial charge on any atom is 0.154 e. The van der Waals surface area contributed by atoms with Crippen LogP contribution in [-0.2, 0) is 0 Å². The highest BCUT2D eigenvalue weighted by atomic mass is 35.5. The number of nitrogens with zero attached hydrogens (tertiary/aromatic N) is 2. The largest absolute Gasteiger partial charge is 0.367 e. The van der Waals surface area contributed by atoms with Gasteiger partial charge in [0.25, 0.3) is 0 Å². The Labute approximate surface area is 195 Å². The number of hydrogen-bond acceptors (Lipinski definition) is 4. The van der Waals surface area contributed by atoms with E-state index >= 15 is 0 Å². The van der Waals surface area contributed by atoms with Crippen LogP contribution in [0.3, 0.4) is 0 Å². The predicted molar refractivity (Wildman–Crippen MR) is 133 cm³/mol. The fraction of sp³-hybridized carbons (Fsp3) is 0.304. The van der Waals surface area contributed by atoms with Gasteiger partial charge in [-0.15, -0.1) is 24.8 Å². The van der Waals surface area contributed by atoms with Crippen LogP contribution in [0.4, 0.5) is 5.82 Å². The average Bonchev–Trinajstić information content (AvgIpc) is 2.68. The van der Waals surface area contributed by atoms with Crippen LogP contribution >= 0.6 is 36.4 Å². The lowest BCUT2D eigenvalue weighted by molar-refractivity contribution is 0.409. The summed E-state index contributed by atoms with van der Waals surface area (Å²) in [6, 6.07) is 14.6. The van der Waals surface area contributed by atoms with Crippen molar-refractivity contribution in [3.8, 4) is 0 Å². The van der Waals surface area contributed by atoms with Crippen LogP contribution in [0, 0.1) is 6.92 Å². The Balaban J connectivity index is 0.00000160. The van der Waals surface area contributed by atoms with Crippen LogP contribution in [0.1, 0.15) is 42.6 Å². The smallest absolute Gasteiger partial charge is 0.154 e. The van der Waals surface area contributed by atoms with E-state index in [1.165, 1.54) is 5.56 Å². The Morgan fingerprint density at radius 1 is 1.03 bits per heavy atom. The predicted octanol–water partition coefficient (Wildman–Crippen LogP) is 6.29. The zero-order valence-electron chi connectivity index (χ0n) is 16.8. The van der Waals surface area contributed by atoms with Crippen LogP contribution < -0.4 is 11.1 Å². The Morgan fingerprint density at radius 2 is 1.80 bits per heavy atom. The molecule has 4 nitrogen and oxygen atoms in total. The van der Waals surface area contributed by atoms with Crippen molar-refractivity contribution in [3.63, 3.8) is 0 Å². The summed E-state index contributed by atoms with van der Waals surface area (Å²) < 4.78 is 0. The van der Waals surface area contributed by atoms with Crippen molar-refractivity contribution in [2.45, 2.75) is 44.7 Å². The molecule has 0 bridgehead atoms. The molecule has 1 saturated carbocycles. The molecule has 3 aromatic rings. The molecular formula is C23H27Cl3N4. The summed E-state index contributed by atoms with van der Waals surface area (Å²) in [5, 5.41) is 5.43. The summed E-state index contributed by atoms with van der Waals surface area (Å²) in [6.07, 6.45) is 8.32. The molecule has 2 atom stereocenters. The van der Waals surface area contributed by atoms with Gasteiger partial charge in [-0.3, -0.25) is 0 Å². The molecule has 1 fully saturated rings. The van der Waals surface area contributed by atoms with Crippen molar-refractivity contribution in [2.24, 2.45) is 5.73 Å². The molecule has 0 spiro atoms. The van der Waals surface area contributed by atoms with Gasteiger partial charge in [-0.1, -0.05) is 41.4 Å². The number of benzene rings is 2. The Bertz CT molecular complexity index is 1010. The summed E-state index contributed by atoms with van der Waals surface area (Å²) in [5.41, 5.74) is 9.38. The van der Waals surface area contributed by atoms with E-state index in [0.717, 1.165) is 53.0 Å². The SMILES string of the molecule is Cc1ccc2nc(C=Cc3ccc(Cl)cc3)nc(N[C@@H]3CCC[C@H](N)C3)c2c1.Cl.Cl. The maximum atomic E-state index is 6.17. The first-order valence-electron chi connectivity index (χ1n) is 9.81. The van der Waals surface area contributed by atoms with Gasteiger partial charge in [0.15, 0.2) is 5.82 Å². The number of rotatable bonds is 4. The topological polar surface area (TPSA) is 63.8 Å². The van der Waals surface area contributed by atoms with Crippen molar-refractivity contribution < 1.29 is 0 Å². The molecule has 7 heteroatoms. The highest BCUT2D eigenvalue weighted by molar-refractivity contribution is 6.30. The number of fused-ring (bicyclic) bond motifs is 1. The molecule has 2 aromatic carbocycles. The van der Waals surface area contributed by atoms with Gasteiger partial charge in [0.1, 0.15) is 5.82 Å². The van der Waals surface area contributed by atoms with Crippen molar-refractivity contribution in [1.82, 2.24) is 9.97 Å². The summed E-state index contributed by atoms with van der Waals surface area (Å²) in [7, 11) is 0. The second-order valence-corrected chi connectivity index (χ2v) is 8.04. The van der Waals surface area contributed by atoms with E-state index in [-0.39, 0.29) is 30.9 Å². The lowest BCUT2D eigenvalue weighted by atomic mass is 9.91. The monoisotopic (exact) mass is 464 g/mol. The molecule has 4 rings (SSSR count). The van der Waals surface area contributed by atoms with Gasteiger partial charge in [0, 0.05) is 22.5 Å². The van der Waals surface area contributed by atoms with Gasteiger partial charge in [-0.25, -0.2) is 9.97 Å². The first-order chi connectivity index (χ1) is 13.6. The van der Waals surface area contributed by atoms with Crippen molar-refractivity contribution >= 4 is 65.3 Å². The van der Waals surface area contributed by atoms with Gasteiger partial charge in [0.2, 0.25) is 0 Å². The van der Waals surface area contributed by atoms with E-state index < -0.39 is 0 Å². The molecule has 0 unspecified atom stereocenters. The van der Waals surface area contributed by atoms with Crippen LogP contribution in [0.15, 0.2) is 42.5 Å². The van der Waals surface area contributed by atoms with Gasteiger partial charge in [-0.05, 0) is 68.5 Å². The number of anilines is 1. The van der Waals surface area contributed by atoms with E-state index in [0.29, 0.717) is 11.9 Å². The second-order valence-electron chi connectivity index (χ2n) is 7.60. The first kappa shape index (κ1) is 24.4. The van der Waals surface area contributed by atoms with Crippen molar-refractivity contribution in [1.29, 1.82) is 0 Å². The zero-order chi connectivity index (χ0) is 19.5. The minimum Gasteiger partial charge on any atom is -0.367 e. The molecule has 1 aromatic heterocycles. The number of aryl methyl sites for hydroxylation is 1. The molecule has 160 valence electrons. The second kappa shape index (κ2) is 11.0. The molecule has 0 aliphatic heterocycles. The minimum atomic E-state index is 0. The Morgan fingerprint density at radius 3 is 2.53 bits per heavy atom. The number of aromatic nitrogens is 2. The summed E-state index contributed by atoms with van der Waals surface area (Å²) in [5.74, 6) is 1.58. The number of nitrogens with two attached hydrogens (primary N) is 1. The van der Waals surface area contributed by atoms with Gasteiger partial charge in [0.05, 0.1) is 5.52 Å². The normalized spacial score (nSPS) is 18.6. The quantitative estimate of drug-likeness (QED) is 0.475. The zero-order valence-corrected chi connectivity index (χ0v) is 19.2. The third kappa shape index (κ3) is 6.08. The lowest BCUT2D eigenvalue weighted by Crippen LogP contribution is -2.35. The molecule has 1 aliphatic carbocycles. The fourth-order valence-corrected chi connectivity index (χ4v) is 3.87. The number of hydrogen-bond donors (Lipinski definition) is 2. The van der Waals surface area contributed by atoms with Gasteiger partial charge >= 0.3 is 0 Å². The Hall–Kier alpha value is -1.85. The molecule has 1 aliphatic rings. The fourth-order valence-electron chi connectivity index (χ4n) is 3.74. The average molecular weight is 466 g/mol. The third-order valence-electron chi connectivity index (χ3n) is 5.22. The van der Waals surface area contributed by atoms with Gasteiger partial charge < -0.3 is 11.1 Å². The Kier molecular flexibility index (Phi) is 8.92. The third-order valence-corrected chi connectivity index (χ3v) is 5.47. The molecule has 3 N–H and O–H groups in total. The minimum absolute atomic E-state index is 0. The van der Waals surface area contributed by atoms with E-state index in [9.17, 15) is 0 Å². The summed E-state index contributed by atoms with van der Waals surface area (Å²) in [4.78, 5) is 9.55. The van der Waals surface area contributed by atoms with Crippen LogP contribution in [0.25, 0.3) is 23.1 Å². The molecule has 1 heterocycles. The van der Waals surface area contributed by atoms with Crippen LogP contribution in [0.5, 0.6) is 0 Å². The molecular weight excluding hydrogens is 439 g/mol. The van der Waals surface area contributed by atoms with E-state index in [2.05, 4.69) is 30.4 Å². The maximum absolute atomic E-state index is 6.17. The van der Waals surface area contributed by atoms with Crippen molar-refractivity contribution in [2.75, 3.05) is 5.32 Å². The van der Waals surface area contributed by atoms with Crippen LogP contribution in [-0.4, -0.2) is 22.1 Å². The highest BCUT2D eigenvalue weighted by Crippen LogP contribution is 2.26. The standard InChI is InChI=1S/C23H25ClN4.2ClH/c1-15-5-11-21-20(13-15)23(26-19-4-2-3-18(25)14-19)28-22(27-21)12-8-16-6-9-17(24)10-7-16;;/h5-13,18-19H,2-4,14,25H2,1H3,(H,26,27,28);2*1H/t18-,19+;;/m0../s1. The lowest BCUT2D eigenvalue weighted by Gasteiger charge is -2.28. The number of nitrogens with one attached hydrogen (secondary N) is 1. The molecule has 0 saturated heterocycles. The highest BCUT2D eigenvalue weighted by Gasteiger charge is 2.20. The molecule has 0 amide bonds. The first-order valence-corrected chi connectivity index (χ1v) is 10.2. The van der Waals surface area contributed by atoms with Crippen LogP contribution in [0.2, 0.25) is 5.02 Å². The molecule has 0 radical (unpaired) electrons. The summed E-state index contributed by atoms with van der Waals surface area (Å²) >= 11 is 5.96. The van der Waals surface area contributed by atoms with E-state index in [1.807, 2.05) is 36.4 Å². The molecule has 30 heavy (non-hydrogen) atoms. The van der Waals surface area contributed by atoms with E-state index in [1.54, 1.807) is 0 Å². The summed E-state index contributed by atoms with van der Waals surface area (Å²) in [6.45, 7) is 2.09. The van der Waals surface area contributed by atoms with Crippen molar-refractivity contribution in [3.05, 3.63) is 64.4 Å². The van der Waals surface area contributed by atoms with Gasteiger partial charge in [-0.2, -0.15) is 0 Å². The van der Waals surface area contributed by atoms with E-state index in [4.69, 9.17) is 27.3 Å². The number of halogens is 3.